The third-order valence-corrected chi connectivity index (χ3v) is 4.46. The molecule has 0 saturated heterocycles. The third kappa shape index (κ3) is 4.73. The van der Waals surface area contributed by atoms with Crippen LogP contribution in [0.3, 0.4) is 0 Å². The summed E-state index contributed by atoms with van der Waals surface area (Å²) in [6.07, 6.45) is -1.85. The van der Waals surface area contributed by atoms with E-state index in [1.54, 1.807) is 6.20 Å². The molecule has 1 N–H and O–H groups in total. The zero-order valence-electron chi connectivity index (χ0n) is 12.1. The molecule has 0 unspecified atom stereocenters. The molecule has 0 saturated carbocycles. The molecule has 0 amide bonds. The van der Waals surface area contributed by atoms with Gasteiger partial charge in [-0.25, -0.2) is 13.1 Å². The number of nitrogens with zero attached hydrogens (tertiary/aromatic N) is 2. The van der Waals surface area contributed by atoms with Gasteiger partial charge in [0.1, 0.15) is 10.6 Å². The van der Waals surface area contributed by atoms with Crippen LogP contribution in [-0.4, -0.2) is 24.9 Å². The fourth-order valence-corrected chi connectivity index (χ4v) is 2.74. The van der Waals surface area contributed by atoms with Crippen molar-refractivity contribution in [2.75, 3.05) is 6.54 Å². The minimum atomic E-state index is -4.60. The molecule has 0 spiro atoms. The Morgan fingerprint density at radius 3 is 2.35 bits per heavy atom. The quantitative estimate of drug-likeness (QED) is 0.903. The summed E-state index contributed by atoms with van der Waals surface area (Å²) in [7, 11) is -3.90. The van der Waals surface area contributed by atoms with Gasteiger partial charge in [0.2, 0.25) is 10.0 Å². The summed E-state index contributed by atoms with van der Waals surface area (Å²) in [5, 5.41) is 0. The zero-order chi connectivity index (χ0) is 17.1. The van der Waals surface area contributed by atoms with Crippen molar-refractivity contribution in [1.82, 2.24) is 14.7 Å². The lowest BCUT2D eigenvalue weighted by atomic mass is 10.2. The Hall–Kier alpha value is -2.00. The molecule has 2 aromatic rings. The van der Waals surface area contributed by atoms with E-state index in [1.165, 1.54) is 0 Å². The van der Waals surface area contributed by atoms with E-state index in [4.69, 9.17) is 0 Å². The molecule has 0 aliphatic heterocycles. The number of rotatable bonds is 5. The molecule has 2 rings (SSSR count). The van der Waals surface area contributed by atoms with Crippen LogP contribution in [0, 0.1) is 6.92 Å². The molecule has 0 aliphatic rings. The van der Waals surface area contributed by atoms with Gasteiger partial charge in [-0.15, -0.1) is 0 Å². The number of hydrogen-bond acceptors (Lipinski definition) is 4. The summed E-state index contributed by atoms with van der Waals surface area (Å²) in [4.78, 5) is 6.92. The van der Waals surface area contributed by atoms with Crippen molar-refractivity contribution in [3.63, 3.8) is 0 Å². The maximum Gasteiger partial charge on any atom is 0.433 e. The van der Waals surface area contributed by atoms with Gasteiger partial charge < -0.3 is 0 Å². The predicted molar refractivity (Wildman–Crippen MR) is 77.1 cm³/mol. The van der Waals surface area contributed by atoms with Crippen LogP contribution in [0.15, 0.2) is 41.6 Å². The second-order valence-corrected chi connectivity index (χ2v) is 6.60. The molecule has 2 heterocycles. The highest BCUT2D eigenvalue weighted by Gasteiger charge is 2.32. The minimum absolute atomic E-state index is 0.105. The van der Waals surface area contributed by atoms with Crippen LogP contribution in [0.2, 0.25) is 0 Å². The second kappa shape index (κ2) is 6.63. The number of halogens is 3. The Labute approximate surface area is 131 Å². The number of aromatic nitrogens is 2. The van der Waals surface area contributed by atoms with E-state index in [2.05, 4.69) is 14.7 Å². The monoisotopic (exact) mass is 345 g/mol. The van der Waals surface area contributed by atoms with Crippen LogP contribution < -0.4 is 4.72 Å². The van der Waals surface area contributed by atoms with Crippen molar-refractivity contribution in [2.45, 2.75) is 24.4 Å². The van der Waals surface area contributed by atoms with Gasteiger partial charge in [0.05, 0.1) is 0 Å². The molecule has 124 valence electrons. The van der Waals surface area contributed by atoms with Gasteiger partial charge in [-0.2, -0.15) is 13.2 Å². The van der Waals surface area contributed by atoms with Gasteiger partial charge in [0.25, 0.3) is 0 Å². The SMILES string of the molecule is Cc1ccc(CCNS(=O)(=O)c2ccc(C(F)(F)F)nc2)cn1. The van der Waals surface area contributed by atoms with Gasteiger partial charge in [0.15, 0.2) is 0 Å². The minimum Gasteiger partial charge on any atom is -0.261 e. The Bertz CT molecular complexity index is 757. The largest absolute Gasteiger partial charge is 0.433 e. The van der Waals surface area contributed by atoms with Crippen molar-refractivity contribution in [1.29, 1.82) is 0 Å². The van der Waals surface area contributed by atoms with E-state index < -0.39 is 21.9 Å². The van der Waals surface area contributed by atoms with Gasteiger partial charge in [0, 0.05) is 24.6 Å². The van der Waals surface area contributed by atoms with Crippen molar-refractivity contribution in [3.8, 4) is 0 Å². The van der Waals surface area contributed by atoms with Gasteiger partial charge in [-0.3, -0.25) is 9.97 Å². The lowest BCUT2D eigenvalue weighted by Crippen LogP contribution is -2.26. The average molecular weight is 345 g/mol. The molecule has 0 fully saturated rings. The van der Waals surface area contributed by atoms with Gasteiger partial charge >= 0.3 is 6.18 Å². The van der Waals surface area contributed by atoms with Crippen LogP contribution >= 0.6 is 0 Å². The summed E-state index contributed by atoms with van der Waals surface area (Å²) >= 11 is 0. The van der Waals surface area contributed by atoms with Crippen LogP contribution in [0.25, 0.3) is 0 Å². The first-order valence-corrected chi connectivity index (χ1v) is 8.11. The molecule has 0 bridgehead atoms. The van der Waals surface area contributed by atoms with Crippen molar-refractivity contribution >= 4 is 10.0 Å². The third-order valence-electron chi connectivity index (χ3n) is 3.02. The number of nitrogens with one attached hydrogen (secondary N) is 1. The first kappa shape index (κ1) is 17.4. The maximum absolute atomic E-state index is 12.4. The number of alkyl halides is 3. The molecule has 0 atom stereocenters. The Morgan fingerprint density at radius 2 is 1.83 bits per heavy atom. The molecule has 9 heteroatoms. The molecule has 23 heavy (non-hydrogen) atoms. The topological polar surface area (TPSA) is 72.0 Å². The standard InChI is InChI=1S/C14H14F3N3O2S/c1-10-2-3-11(8-18-10)6-7-20-23(21,22)12-4-5-13(19-9-12)14(15,16)17/h2-5,8-9,20H,6-7H2,1H3. The highest BCUT2D eigenvalue weighted by atomic mass is 32.2. The summed E-state index contributed by atoms with van der Waals surface area (Å²) < 4.78 is 63.5. The Kier molecular flexibility index (Phi) is 5.00. The average Bonchev–Trinajstić information content (AvgIpc) is 2.48. The van der Waals surface area contributed by atoms with E-state index in [0.717, 1.165) is 17.3 Å². The van der Waals surface area contributed by atoms with Crippen molar-refractivity contribution in [3.05, 3.63) is 53.6 Å². The number of aryl methyl sites for hydroxylation is 1. The fraction of sp³-hybridized carbons (Fsp3) is 0.286. The molecule has 5 nitrogen and oxygen atoms in total. The highest BCUT2D eigenvalue weighted by Crippen LogP contribution is 2.27. The Morgan fingerprint density at radius 1 is 1.09 bits per heavy atom. The van der Waals surface area contributed by atoms with E-state index in [-0.39, 0.29) is 11.4 Å². The number of hydrogen-bond donors (Lipinski definition) is 1. The predicted octanol–water partition coefficient (Wildman–Crippen LogP) is 2.32. The summed E-state index contributed by atoms with van der Waals surface area (Å²) in [5.41, 5.74) is 0.566. The second-order valence-electron chi connectivity index (χ2n) is 4.83. The molecule has 2 aromatic heterocycles. The van der Waals surface area contributed by atoms with Crippen molar-refractivity contribution < 1.29 is 21.6 Å². The smallest absolute Gasteiger partial charge is 0.261 e. The summed E-state index contributed by atoms with van der Waals surface area (Å²) in [5.74, 6) is 0. The fourth-order valence-electron chi connectivity index (χ4n) is 1.77. The molecular weight excluding hydrogens is 331 g/mol. The van der Waals surface area contributed by atoms with Crippen LogP contribution in [0.5, 0.6) is 0 Å². The summed E-state index contributed by atoms with van der Waals surface area (Å²) in [6, 6.07) is 5.16. The molecule has 0 radical (unpaired) electrons. The first-order valence-electron chi connectivity index (χ1n) is 6.63. The zero-order valence-corrected chi connectivity index (χ0v) is 12.9. The highest BCUT2D eigenvalue weighted by molar-refractivity contribution is 7.89. The molecule has 0 aliphatic carbocycles. The van der Waals surface area contributed by atoms with Crippen molar-refractivity contribution in [2.24, 2.45) is 0 Å². The lowest BCUT2D eigenvalue weighted by molar-refractivity contribution is -0.141. The number of pyridine rings is 2. The lowest BCUT2D eigenvalue weighted by Gasteiger charge is -2.08. The van der Waals surface area contributed by atoms with E-state index >= 15 is 0 Å². The number of sulfonamides is 1. The van der Waals surface area contributed by atoms with Crippen LogP contribution in [0.4, 0.5) is 13.2 Å². The van der Waals surface area contributed by atoms with E-state index in [1.807, 2.05) is 19.1 Å². The van der Waals surface area contributed by atoms with Crippen LogP contribution in [0.1, 0.15) is 17.0 Å². The molecule has 0 aromatic carbocycles. The normalized spacial score (nSPS) is 12.3. The maximum atomic E-state index is 12.4. The van der Waals surface area contributed by atoms with E-state index in [9.17, 15) is 21.6 Å². The Balaban J connectivity index is 2.00. The summed E-state index contributed by atoms with van der Waals surface area (Å²) in [6.45, 7) is 1.94. The first-order chi connectivity index (χ1) is 10.7. The van der Waals surface area contributed by atoms with Gasteiger partial charge in [-0.1, -0.05) is 6.07 Å². The van der Waals surface area contributed by atoms with E-state index in [0.29, 0.717) is 18.7 Å². The van der Waals surface area contributed by atoms with Crippen LogP contribution in [-0.2, 0) is 22.6 Å². The van der Waals surface area contributed by atoms with Gasteiger partial charge in [-0.05, 0) is 37.1 Å². The molecular formula is C14H14F3N3O2S.